The van der Waals surface area contributed by atoms with E-state index < -0.39 is 0 Å². The van der Waals surface area contributed by atoms with Gasteiger partial charge in [0.15, 0.2) is 4.90 Å². The zero-order valence-corrected chi connectivity index (χ0v) is 12.1. The van der Waals surface area contributed by atoms with Gasteiger partial charge in [0.25, 0.3) is 0 Å². The van der Waals surface area contributed by atoms with Gasteiger partial charge in [0.1, 0.15) is 18.3 Å². The van der Waals surface area contributed by atoms with Gasteiger partial charge >= 0.3 is 6.09 Å². The molecule has 0 saturated carbocycles. The number of benzene rings is 1. The van der Waals surface area contributed by atoms with Crippen LogP contribution in [0.4, 0.5) is 4.79 Å². The molecule has 1 aromatic rings. The zero-order chi connectivity index (χ0) is 13.2. The molecule has 0 aromatic heterocycles. The summed E-state index contributed by atoms with van der Waals surface area (Å²) < 4.78 is 5.31. The van der Waals surface area contributed by atoms with Crippen LogP contribution in [0, 0.1) is 13.8 Å². The van der Waals surface area contributed by atoms with E-state index in [0.29, 0.717) is 5.75 Å². The minimum absolute atomic E-state index is 0.219. The molecule has 0 unspecified atom stereocenters. The third kappa shape index (κ3) is 3.40. The molecule has 0 saturated heterocycles. The molecule has 0 N–H and O–H groups in total. The van der Waals surface area contributed by atoms with Gasteiger partial charge in [-0.15, -0.1) is 0 Å². The Morgan fingerprint density at radius 3 is 2.24 bits per heavy atom. The lowest BCUT2D eigenvalue weighted by Gasteiger charge is -2.13. The molecule has 0 fully saturated rings. The van der Waals surface area contributed by atoms with Crippen LogP contribution in [0.2, 0.25) is 0 Å². The predicted octanol–water partition coefficient (Wildman–Crippen LogP) is 2.60. The van der Waals surface area contributed by atoms with E-state index >= 15 is 0 Å². The molecule has 1 amide bonds. The molecule has 0 atom stereocenters. The fraction of sp³-hybridized carbons (Fsp3) is 0.462. The minimum atomic E-state index is -0.341. The molecule has 0 aliphatic rings. The first-order valence-electron chi connectivity index (χ1n) is 5.41. The standard InChI is InChI=1S/C13H20NO2S/c1-9-8-12(17(5)6)10(2)7-11(9)16-13(15)14(3)4/h7-8H,1-6H3/q+1. The maximum atomic E-state index is 11.5. The molecule has 0 aliphatic carbocycles. The van der Waals surface area contributed by atoms with Crippen molar-refractivity contribution >= 4 is 17.0 Å². The van der Waals surface area contributed by atoms with E-state index in [1.807, 2.05) is 13.0 Å². The van der Waals surface area contributed by atoms with Gasteiger partial charge in [0.05, 0.1) is 0 Å². The van der Waals surface area contributed by atoms with Crippen molar-refractivity contribution in [2.45, 2.75) is 18.7 Å². The van der Waals surface area contributed by atoms with E-state index in [4.69, 9.17) is 4.74 Å². The molecule has 17 heavy (non-hydrogen) atoms. The van der Waals surface area contributed by atoms with Crippen molar-refractivity contribution in [2.24, 2.45) is 0 Å². The van der Waals surface area contributed by atoms with Crippen LogP contribution in [0.1, 0.15) is 11.1 Å². The van der Waals surface area contributed by atoms with Crippen molar-refractivity contribution in [1.82, 2.24) is 4.90 Å². The van der Waals surface area contributed by atoms with Crippen LogP contribution in [0.25, 0.3) is 0 Å². The topological polar surface area (TPSA) is 29.5 Å². The second kappa shape index (κ2) is 5.45. The fourth-order valence-electron chi connectivity index (χ4n) is 1.50. The second-order valence-electron chi connectivity index (χ2n) is 4.46. The molecule has 94 valence electrons. The number of ether oxygens (including phenoxy) is 1. The molecular formula is C13H20NO2S+. The summed E-state index contributed by atoms with van der Waals surface area (Å²) in [6, 6.07) is 4.05. The Balaban J connectivity index is 3.04. The Morgan fingerprint density at radius 1 is 1.18 bits per heavy atom. The highest BCUT2D eigenvalue weighted by molar-refractivity contribution is 7.95. The summed E-state index contributed by atoms with van der Waals surface area (Å²) in [7, 11) is 3.57. The highest BCUT2D eigenvalue weighted by Gasteiger charge is 2.17. The Hall–Kier alpha value is -1.16. The fourth-order valence-corrected chi connectivity index (χ4v) is 2.61. The average molecular weight is 254 g/mol. The number of carbonyl (C=O) groups is 1. The summed E-state index contributed by atoms with van der Waals surface area (Å²) in [6.45, 7) is 4.02. The highest BCUT2D eigenvalue weighted by Crippen LogP contribution is 2.26. The van der Waals surface area contributed by atoms with Crippen LogP contribution in [-0.4, -0.2) is 37.6 Å². The summed E-state index contributed by atoms with van der Waals surface area (Å²) in [4.78, 5) is 14.2. The lowest BCUT2D eigenvalue weighted by molar-refractivity contribution is 0.171. The smallest absolute Gasteiger partial charge is 0.410 e. The summed E-state index contributed by atoms with van der Waals surface area (Å²) in [5.41, 5.74) is 2.17. The summed E-state index contributed by atoms with van der Waals surface area (Å²) in [5.74, 6) is 0.649. The normalized spacial score (nSPS) is 10.5. The maximum Gasteiger partial charge on any atom is 0.414 e. The monoisotopic (exact) mass is 254 g/mol. The number of amides is 1. The lowest BCUT2D eigenvalue weighted by atomic mass is 10.1. The predicted molar refractivity (Wildman–Crippen MR) is 73.1 cm³/mol. The van der Waals surface area contributed by atoms with Crippen molar-refractivity contribution in [3.8, 4) is 5.75 Å². The molecule has 3 nitrogen and oxygen atoms in total. The molecule has 0 spiro atoms. The van der Waals surface area contributed by atoms with Gasteiger partial charge in [-0.2, -0.15) is 0 Å². The SMILES string of the molecule is Cc1cc([S+](C)C)c(C)cc1OC(=O)N(C)C. The lowest BCUT2D eigenvalue weighted by Crippen LogP contribution is -2.25. The van der Waals surface area contributed by atoms with Gasteiger partial charge in [0.2, 0.25) is 0 Å². The first kappa shape index (κ1) is 13.9. The molecule has 1 aromatic carbocycles. The number of hydrogen-bond donors (Lipinski definition) is 0. The Bertz CT molecular complexity index is 428. The molecule has 0 bridgehead atoms. The van der Waals surface area contributed by atoms with Gasteiger partial charge in [-0.25, -0.2) is 4.79 Å². The average Bonchev–Trinajstić information content (AvgIpc) is 2.22. The number of carbonyl (C=O) groups excluding carboxylic acids is 1. The number of aryl methyl sites for hydroxylation is 2. The van der Waals surface area contributed by atoms with Crippen molar-refractivity contribution in [3.63, 3.8) is 0 Å². The number of nitrogens with zero attached hydrogens (tertiary/aromatic N) is 1. The minimum Gasteiger partial charge on any atom is -0.410 e. The summed E-state index contributed by atoms with van der Waals surface area (Å²) in [5, 5.41) is 0. The van der Waals surface area contributed by atoms with Crippen LogP contribution < -0.4 is 4.74 Å². The Morgan fingerprint density at radius 2 is 1.76 bits per heavy atom. The summed E-state index contributed by atoms with van der Waals surface area (Å²) in [6.07, 6.45) is 4.04. The number of rotatable bonds is 2. The molecule has 0 radical (unpaired) electrons. The first-order valence-corrected chi connectivity index (χ1v) is 7.45. The van der Waals surface area contributed by atoms with Gasteiger partial charge in [-0.05, 0) is 25.5 Å². The highest BCUT2D eigenvalue weighted by atomic mass is 32.2. The molecule has 1 rings (SSSR count). The molecule has 0 heterocycles. The van der Waals surface area contributed by atoms with Crippen molar-refractivity contribution in [1.29, 1.82) is 0 Å². The van der Waals surface area contributed by atoms with Gasteiger partial charge in [-0.3, -0.25) is 0 Å². The van der Waals surface area contributed by atoms with Crippen molar-refractivity contribution < 1.29 is 9.53 Å². The maximum absolute atomic E-state index is 11.5. The molecule has 0 aliphatic heterocycles. The second-order valence-corrected chi connectivity index (χ2v) is 6.53. The van der Waals surface area contributed by atoms with E-state index in [2.05, 4.69) is 25.5 Å². The van der Waals surface area contributed by atoms with E-state index in [1.54, 1.807) is 14.1 Å². The quantitative estimate of drug-likeness (QED) is 0.759. The van der Waals surface area contributed by atoms with Crippen LogP contribution in [0.5, 0.6) is 5.75 Å². The molecular weight excluding hydrogens is 234 g/mol. The van der Waals surface area contributed by atoms with E-state index in [9.17, 15) is 4.79 Å². The van der Waals surface area contributed by atoms with Gasteiger partial charge in [-0.1, -0.05) is 0 Å². The van der Waals surface area contributed by atoms with Crippen LogP contribution in [0.3, 0.4) is 0 Å². The van der Waals surface area contributed by atoms with Crippen molar-refractivity contribution in [3.05, 3.63) is 23.3 Å². The number of hydrogen-bond acceptors (Lipinski definition) is 2. The van der Waals surface area contributed by atoms with Gasteiger partial charge in [0, 0.05) is 36.6 Å². The Kier molecular flexibility index (Phi) is 4.46. The van der Waals surface area contributed by atoms with E-state index in [-0.39, 0.29) is 17.0 Å². The van der Waals surface area contributed by atoms with Crippen LogP contribution in [0.15, 0.2) is 17.0 Å². The largest absolute Gasteiger partial charge is 0.414 e. The van der Waals surface area contributed by atoms with E-state index in [0.717, 1.165) is 5.56 Å². The third-order valence-corrected chi connectivity index (χ3v) is 3.79. The third-order valence-electron chi connectivity index (χ3n) is 2.47. The van der Waals surface area contributed by atoms with Crippen LogP contribution in [-0.2, 0) is 10.9 Å². The van der Waals surface area contributed by atoms with Crippen LogP contribution >= 0.6 is 0 Å². The first-order chi connectivity index (χ1) is 7.82. The van der Waals surface area contributed by atoms with Gasteiger partial charge < -0.3 is 9.64 Å². The summed E-state index contributed by atoms with van der Waals surface area (Å²) >= 11 is 0. The zero-order valence-electron chi connectivity index (χ0n) is 11.3. The molecule has 4 heteroatoms. The van der Waals surface area contributed by atoms with Crippen molar-refractivity contribution in [2.75, 3.05) is 26.6 Å². The Labute approximate surface area is 106 Å². The van der Waals surface area contributed by atoms with E-state index in [1.165, 1.54) is 15.4 Å².